The summed E-state index contributed by atoms with van der Waals surface area (Å²) in [5.41, 5.74) is 2.95. The predicted molar refractivity (Wildman–Crippen MR) is 119 cm³/mol. The van der Waals surface area contributed by atoms with Crippen molar-refractivity contribution in [1.82, 2.24) is 10.1 Å². The minimum absolute atomic E-state index is 0.265. The van der Waals surface area contributed by atoms with E-state index >= 15 is 0 Å². The summed E-state index contributed by atoms with van der Waals surface area (Å²) in [6.45, 7) is 6.63. The number of halogens is 1. The lowest BCUT2D eigenvalue weighted by atomic mass is 10.0. The molecule has 2 heterocycles. The molecule has 160 valence electrons. The number of hydrogen-bond acceptors (Lipinski definition) is 6. The molecule has 0 unspecified atom stereocenters. The SMILES string of the molecule is COc1ccc(Cl)cc1-c1noc(-c2ccc(COc3cc(C)ccc3C(C)C)o2)n1. The zero-order chi connectivity index (χ0) is 22.0. The molecular weight excluding hydrogens is 416 g/mol. The molecule has 7 heteroatoms. The first kappa shape index (κ1) is 21.0. The van der Waals surface area contributed by atoms with Crippen LogP contribution in [0.1, 0.15) is 36.7 Å². The number of aryl methyl sites for hydroxylation is 1. The Hall–Kier alpha value is -3.25. The van der Waals surface area contributed by atoms with Gasteiger partial charge in [-0.05, 0) is 60.4 Å². The topological polar surface area (TPSA) is 70.5 Å². The van der Waals surface area contributed by atoms with Crippen LogP contribution < -0.4 is 9.47 Å². The number of nitrogens with zero attached hydrogens (tertiary/aromatic N) is 2. The average Bonchev–Trinajstić information content (AvgIpc) is 3.41. The summed E-state index contributed by atoms with van der Waals surface area (Å²) in [6, 6.07) is 15.1. The molecule has 0 bridgehead atoms. The van der Waals surface area contributed by atoms with Gasteiger partial charge in [0.05, 0.1) is 12.7 Å². The lowest BCUT2D eigenvalue weighted by molar-refractivity contribution is 0.267. The van der Waals surface area contributed by atoms with Crippen molar-refractivity contribution >= 4 is 11.6 Å². The van der Waals surface area contributed by atoms with Crippen LogP contribution in [0.2, 0.25) is 5.02 Å². The third-order valence-corrected chi connectivity index (χ3v) is 5.10. The van der Waals surface area contributed by atoms with Gasteiger partial charge in [0.1, 0.15) is 23.9 Å². The Labute approximate surface area is 185 Å². The first-order valence-corrected chi connectivity index (χ1v) is 10.3. The second-order valence-electron chi connectivity index (χ2n) is 7.52. The van der Waals surface area contributed by atoms with Gasteiger partial charge < -0.3 is 18.4 Å². The Bertz CT molecular complexity index is 1200. The number of rotatable bonds is 7. The van der Waals surface area contributed by atoms with Gasteiger partial charge in [-0.25, -0.2) is 0 Å². The van der Waals surface area contributed by atoms with Crippen molar-refractivity contribution in [2.24, 2.45) is 0 Å². The highest BCUT2D eigenvalue weighted by Crippen LogP contribution is 2.33. The monoisotopic (exact) mass is 438 g/mol. The van der Waals surface area contributed by atoms with Gasteiger partial charge in [-0.15, -0.1) is 0 Å². The van der Waals surface area contributed by atoms with E-state index in [1.165, 1.54) is 0 Å². The van der Waals surface area contributed by atoms with Crippen LogP contribution in [-0.2, 0) is 6.61 Å². The molecule has 0 saturated carbocycles. The van der Waals surface area contributed by atoms with Gasteiger partial charge in [-0.3, -0.25) is 0 Å². The predicted octanol–water partition coefficient (Wildman–Crippen LogP) is 6.67. The van der Waals surface area contributed by atoms with Crippen molar-refractivity contribution in [3.8, 4) is 34.5 Å². The Morgan fingerprint density at radius 3 is 2.65 bits per heavy atom. The largest absolute Gasteiger partial charge is 0.496 e. The zero-order valence-electron chi connectivity index (χ0n) is 17.8. The van der Waals surface area contributed by atoms with Gasteiger partial charge in [-0.1, -0.05) is 42.7 Å². The van der Waals surface area contributed by atoms with Crippen LogP contribution in [0.15, 0.2) is 57.5 Å². The van der Waals surface area contributed by atoms with E-state index in [1.54, 1.807) is 31.4 Å². The van der Waals surface area contributed by atoms with E-state index in [2.05, 4.69) is 36.1 Å². The van der Waals surface area contributed by atoms with Gasteiger partial charge in [-0.2, -0.15) is 4.98 Å². The summed E-state index contributed by atoms with van der Waals surface area (Å²) < 4.78 is 22.7. The van der Waals surface area contributed by atoms with E-state index in [-0.39, 0.29) is 5.89 Å². The van der Waals surface area contributed by atoms with Crippen molar-refractivity contribution in [3.05, 3.63) is 70.4 Å². The number of methoxy groups -OCH3 is 1. The van der Waals surface area contributed by atoms with Crippen LogP contribution in [0.3, 0.4) is 0 Å². The Morgan fingerprint density at radius 2 is 1.87 bits per heavy atom. The first-order chi connectivity index (χ1) is 14.9. The van der Waals surface area contributed by atoms with Crippen molar-refractivity contribution in [2.45, 2.75) is 33.3 Å². The lowest BCUT2D eigenvalue weighted by Crippen LogP contribution is -1.99. The maximum atomic E-state index is 6.10. The zero-order valence-corrected chi connectivity index (χ0v) is 18.6. The van der Waals surface area contributed by atoms with Crippen molar-refractivity contribution in [3.63, 3.8) is 0 Å². The maximum absolute atomic E-state index is 6.10. The summed E-state index contributed by atoms with van der Waals surface area (Å²) in [7, 11) is 1.57. The molecule has 0 aliphatic carbocycles. The van der Waals surface area contributed by atoms with Crippen molar-refractivity contribution in [1.29, 1.82) is 0 Å². The molecule has 0 N–H and O–H groups in total. The standard InChI is InChI=1S/C24H23ClN2O4/c1-14(2)18-8-5-15(3)11-22(18)29-13-17-7-10-21(30-17)24-26-23(27-31-24)19-12-16(25)6-9-20(19)28-4/h5-12,14H,13H2,1-4H3. The van der Waals surface area contributed by atoms with E-state index in [4.69, 9.17) is 30.0 Å². The fourth-order valence-electron chi connectivity index (χ4n) is 3.25. The molecule has 0 amide bonds. The third kappa shape index (κ3) is 4.59. The number of benzene rings is 2. The van der Waals surface area contributed by atoms with E-state index in [0.29, 0.717) is 46.2 Å². The number of aromatic nitrogens is 2. The van der Waals surface area contributed by atoms with E-state index in [1.807, 2.05) is 19.1 Å². The quantitative estimate of drug-likeness (QED) is 0.321. The Kier molecular flexibility index (Phi) is 6.00. The normalized spacial score (nSPS) is 11.2. The van der Waals surface area contributed by atoms with E-state index in [0.717, 1.165) is 16.9 Å². The minimum atomic E-state index is 0.265. The number of ether oxygens (including phenoxy) is 2. The third-order valence-electron chi connectivity index (χ3n) is 4.86. The highest BCUT2D eigenvalue weighted by molar-refractivity contribution is 6.30. The molecule has 6 nitrogen and oxygen atoms in total. The molecule has 4 rings (SSSR count). The molecule has 0 aliphatic heterocycles. The molecule has 0 aliphatic rings. The lowest BCUT2D eigenvalue weighted by Gasteiger charge is -2.14. The van der Waals surface area contributed by atoms with E-state index in [9.17, 15) is 0 Å². The summed E-state index contributed by atoms with van der Waals surface area (Å²) in [6.07, 6.45) is 0. The van der Waals surface area contributed by atoms with Crippen LogP contribution in [0.25, 0.3) is 23.0 Å². The number of hydrogen-bond donors (Lipinski definition) is 0. The van der Waals surface area contributed by atoms with Crippen LogP contribution in [0.5, 0.6) is 11.5 Å². The van der Waals surface area contributed by atoms with Crippen molar-refractivity contribution < 1.29 is 18.4 Å². The fourth-order valence-corrected chi connectivity index (χ4v) is 3.42. The summed E-state index contributed by atoms with van der Waals surface area (Å²) >= 11 is 6.10. The molecule has 2 aromatic carbocycles. The van der Waals surface area contributed by atoms with Crippen LogP contribution >= 0.6 is 11.6 Å². The molecule has 0 atom stereocenters. The molecular formula is C24H23ClN2O4. The number of furan rings is 1. The summed E-state index contributed by atoms with van der Waals surface area (Å²) in [5.74, 6) is 3.58. The molecule has 31 heavy (non-hydrogen) atoms. The summed E-state index contributed by atoms with van der Waals surface area (Å²) in [4.78, 5) is 4.43. The molecule has 0 fully saturated rings. The maximum Gasteiger partial charge on any atom is 0.293 e. The van der Waals surface area contributed by atoms with Gasteiger partial charge in [0, 0.05) is 5.02 Å². The van der Waals surface area contributed by atoms with Crippen LogP contribution in [0.4, 0.5) is 0 Å². The fraction of sp³-hybridized carbons (Fsp3) is 0.250. The van der Waals surface area contributed by atoms with Crippen LogP contribution in [0, 0.1) is 6.92 Å². The Balaban J connectivity index is 1.52. The molecule has 2 aromatic heterocycles. The Morgan fingerprint density at radius 1 is 1.03 bits per heavy atom. The average molecular weight is 439 g/mol. The summed E-state index contributed by atoms with van der Waals surface area (Å²) in [5, 5.41) is 4.59. The molecule has 0 saturated heterocycles. The van der Waals surface area contributed by atoms with Gasteiger partial charge in [0.2, 0.25) is 5.82 Å². The van der Waals surface area contributed by atoms with Gasteiger partial charge in [0.25, 0.3) is 5.89 Å². The van der Waals surface area contributed by atoms with Crippen LogP contribution in [-0.4, -0.2) is 17.3 Å². The highest BCUT2D eigenvalue weighted by Gasteiger charge is 2.18. The molecule has 0 spiro atoms. The molecule has 4 aromatic rings. The smallest absolute Gasteiger partial charge is 0.293 e. The van der Waals surface area contributed by atoms with Gasteiger partial charge >= 0.3 is 0 Å². The molecule has 0 radical (unpaired) electrons. The van der Waals surface area contributed by atoms with Gasteiger partial charge in [0.15, 0.2) is 5.76 Å². The highest BCUT2D eigenvalue weighted by atomic mass is 35.5. The van der Waals surface area contributed by atoms with E-state index < -0.39 is 0 Å². The second-order valence-corrected chi connectivity index (χ2v) is 7.95. The first-order valence-electron chi connectivity index (χ1n) is 9.94. The second kappa shape index (κ2) is 8.86. The minimum Gasteiger partial charge on any atom is -0.496 e. The van der Waals surface area contributed by atoms with Crippen molar-refractivity contribution in [2.75, 3.05) is 7.11 Å².